The van der Waals surface area contributed by atoms with Crippen LogP contribution in [-0.2, 0) is 14.3 Å². The van der Waals surface area contributed by atoms with E-state index in [1.807, 2.05) is 0 Å². The number of urea groups is 1. The Kier molecular flexibility index (Phi) is 5.72. The molecule has 1 N–H and O–H groups in total. The molecule has 8 heteroatoms. The van der Waals surface area contributed by atoms with Crippen molar-refractivity contribution >= 4 is 23.6 Å². The number of ether oxygens (including phenoxy) is 2. The number of rotatable bonds is 3. The summed E-state index contributed by atoms with van der Waals surface area (Å²) in [5, 5.41) is 2.80. The molecule has 0 aromatic heterocycles. The van der Waals surface area contributed by atoms with E-state index in [0.717, 1.165) is 12.8 Å². The molecule has 0 spiro atoms. The number of hydrogen-bond acceptors (Lipinski definition) is 5. The quantitative estimate of drug-likeness (QED) is 0.821. The van der Waals surface area contributed by atoms with Gasteiger partial charge in [-0.05, 0) is 37.1 Å². The van der Waals surface area contributed by atoms with Crippen molar-refractivity contribution in [1.82, 2.24) is 9.80 Å². The van der Waals surface area contributed by atoms with E-state index in [1.165, 1.54) is 7.11 Å². The number of esters is 1. The van der Waals surface area contributed by atoms with Gasteiger partial charge in [-0.25, -0.2) is 9.59 Å². The van der Waals surface area contributed by atoms with E-state index in [9.17, 15) is 14.4 Å². The van der Waals surface area contributed by atoms with Gasteiger partial charge in [0.1, 0.15) is 6.10 Å². The molecule has 0 saturated carbocycles. The summed E-state index contributed by atoms with van der Waals surface area (Å²) in [4.78, 5) is 39.6. The molecule has 3 rings (SSSR count). The maximum absolute atomic E-state index is 12.4. The SMILES string of the molecule is COC(=O)c1ccc(NC(=O)N2CCN(C(=O)C3CCCO3)CC2)cc1. The zero-order valence-corrected chi connectivity index (χ0v) is 14.8. The lowest BCUT2D eigenvalue weighted by Gasteiger charge is -2.35. The standard InChI is InChI=1S/C18H23N3O5/c1-25-17(23)13-4-6-14(7-5-13)19-18(24)21-10-8-20(9-11-21)16(22)15-3-2-12-26-15/h4-7,15H,2-3,8-12H2,1H3,(H,19,24). The molecule has 1 unspecified atom stereocenters. The highest BCUT2D eigenvalue weighted by molar-refractivity contribution is 5.92. The van der Waals surface area contributed by atoms with Gasteiger partial charge in [0.05, 0.1) is 12.7 Å². The van der Waals surface area contributed by atoms with Crippen LogP contribution < -0.4 is 5.32 Å². The Balaban J connectivity index is 1.49. The predicted molar refractivity (Wildman–Crippen MR) is 93.9 cm³/mol. The fourth-order valence-electron chi connectivity index (χ4n) is 3.12. The van der Waals surface area contributed by atoms with Gasteiger partial charge in [-0.2, -0.15) is 0 Å². The van der Waals surface area contributed by atoms with Crippen LogP contribution in [0.5, 0.6) is 0 Å². The van der Waals surface area contributed by atoms with E-state index in [2.05, 4.69) is 10.1 Å². The third-order valence-electron chi connectivity index (χ3n) is 4.64. The average Bonchev–Trinajstić information content (AvgIpc) is 3.22. The molecule has 3 amide bonds. The minimum atomic E-state index is -0.421. The summed E-state index contributed by atoms with van der Waals surface area (Å²) in [5.41, 5.74) is 1.02. The molecule has 26 heavy (non-hydrogen) atoms. The van der Waals surface area contributed by atoms with Crippen molar-refractivity contribution in [2.75, 3.05) is 45.2 Å². The molecule has 2 heterocycles. The van der Waals surface area contributed by atoms with Gasteiger partial charge in [0.15, 0.2) is 0 Å². The number of carbonyl (C=O) groups excluding carboxylic acids is 3. The third kappa shape index (κ3) is 4.13. The normalized spacial score (nSPS) is 20.0. The van der Waals surface area contributed by atoms with E-state index in [4.69, 9.17) is 4.74 Å². The molecule has 2 aliphatic rings. The Morgan fingerprint density at radius 2 is 1.73 bits per heavy atom. The van der Waals surface area contributed by atoms with Crippen molar-refractivity contribution < 1.29 is 23.9 Å². The number of benzene rings is 1. The van der Waals surface area contributed by atoms with Gasteiger partial charge in [0.25, 0.3) is 5.91 Å². The number of carbonyl (C=O) groups is 3. The highest BCUT2D eigenvalue weighted by atomic mass is 16.5. The van der Waals surface area contributed by atoms with E-state index >= 15 is 0 Å². The number of anilines is 1. The Hall–Kier alpha value is -2.61. The van der Waals surface area contributed by atoms with Gasteiger partial charge in [0, 0.05) is 38.5 Å². The largest absolute Gasteiger partial charge is 0.465 e. The van der Waals surface area contributed by atoms with E-state index in [1.54, 1.807) is 34.1 Å². The first-order valence-electron chi connectivity index (χ1n) is 8.73. The first-order chi connectivity index (χ1) is 12.6. The van der Waals surface area contributed by atoms with Crippen molar-refractivity contribution in [3.8, 4) is 0 Å². The average molecular weight is 361 g/mol. The molecule has 1 aromatic carbocycles. The summed E-state index contributed by atoms with van der Waals surface area (Å²) in [7, 11) is 1.32. The first kappa shape index (κ1) is 18.2. The Morgan fingerprint density at radius 3 is 2.31 bits per heavy atom. The van der Waals surface area contributed by atoms with Gasteiger partial charge < -0.3 is 24.6 Å². The van der Waals surface area contributed by atoms with Crippen LogP contribution in [0.1, 0.15) is 23.2 Å². The maximum Gasteiger partial charge on any atom is 0.337 e. The number of hydrogen-bond donors (Lipinski definition) is 1. The van der Waals surface area contributed by atoms with Crippen molar-refractivity contribution in [3.63, 3.8) is 0 Å². The summed E-state index contributed by atoms with van der Waals surface area (Å²) in [6.45, 7) is 2.61. The summed E-state index contributed by atoms with van der Waals surface area (Å²) in [5.74, 6) is -0.393. The van der Waals surface area contributed by atoms with E-state index < -0.39 is 5.97 Å². The molecule has 1 aromatic rings. The topological polar surface area (TPSA) is 88.2 Å². The minimum absolute atomic E-state index is 0.0287. The summed E-state index contributed by atoms with van der Waals surface area (Å²) < 4.78 is 10.1. The van der Waals surface area contributed by atoms with Crippen LogP contribution in [-0.4, -0.2) is 73.7 Å². The van der Waals surface area contributed by atoms with Crippen LogP contribution in [0.15, 0.2) is 24.3 Å². The lowest BCUT2D eigenvalue weighted by molar-refractivity contribution is -0.142. The van der Waals surface area contributed by atoms with Gasteiger partial charge in [-0.15, -0.1) is 0 Å². The molecule has 2 aliphatic heterocycles. The van der Waals surface area contributed by atoms with Crippen LogP contribution in [0.25, 0.3) is 0 Å². The third-order valence-corrected chi connectivity index (χ3v) is 4.64. The first-order valence-corrected chi connectivity index (χ1v) is 8.73. The Morgan fingerprint density at radius 1 is 1.08 bits per heavy atom. The number of amides is 3. The fourth-order valence-corrected chi connectivity index (χ4v) is 3.12. The van der Waals surface area contributed by atoms with E-state index in [-0.39, 0.29) is 18.0 Å². The summed E-state index contributed by atoms with van der Waals surface area (Å²) >= 11 is 0. The number of methoxy groups -OCH3 is 1. The second-order valence-electron chi connectivity index (χ2n) is 6.31. The highest BCUT2D eigenvalue weighted by Crippen LogP contribution is 2.17. The molecular formula is C18H23N3O5. The molecule has 140 valence electrons. The van der Waals surface area contributed by atoms with Crippen molar-refractivity contribution in [2.24, 2.45) is 0 Å². The monoisotopic (exact) mass is 361 g/mol. The molecule has 2 saturated heterocycles. The molecule has 0 aliphatic carbocycles. The molecule has 0 radical (unpaired) electrons. The number of nitrogens with one attached hydrogen (secondary N) is 1. The van der Waals surface area contributed by atoms with Gasteiger partial charge >= 0.3 is 12.0 Å². The molecule has 2 fully saturated rings. The van der Waals surface area contributed by atoms with Crippen LogP contribution in [0.2, 0.25) is 0 Å². The summed E-state index contributed by atoms with van der Waals surface area (Å²) in [6.07, 6.45) is 1.39. The van der Waals surface area contributed by atoms with Crippen LogP contribution in [0, 0.1) is 0 Å². The Labute approximate surface area is 152 Å². The second-order valence-corrected chi connectivity index (χ2v) is 6.31. The van der Waals surface area contributed by atoms with Crippen LogP contribution >= 0.6 is 0 Å². The maximum atomic E-state index is 12.4. The highest BCUT2D eigenvalue weighted by Gasteiger charge is 2.31. The fraction of sp³-hybridized carbons (Fsp3) is 0.500. The van der Waals surface area contributed by atoms with Crippen molar-refractivity contribution in [1.29, 1.82) is 0 Å². The Bertz CT molecular complexity index is 662. The van der Waals surface area contributed by atoms with Crippen molar-refractivity contribution in [2.45, 2.75) is 18.9 Å². The summed E-state index contributed by atoms with van der Waals surface area (Å²) in [6, 6.07) is 6.28. The van der Waals surface area contributed by atoms with Crippen molar-refractivity contribution in [3.05, 3.63) is 29.8 Å². The molecule has 0 bridgehead atoms. The minimum Gasteiger partial charge on any atom is -0.465 e. The van der Waals surface area contributed by atoms with E-state index in [0.29, 0.717) is 44.0 Å². The molecule has 1 atom stereocenters. The molecular weight excluding hydrogens is 338 g/mol. The number of nitrogens with zero attached hydrogens (tertiary/aromatic N) is 2. The predicted octanol–water partition coefficient (Wildman–Crippen LogP) is 1.33. The lowest BCUT2D eigenvalue weighted by atomic mass is 10.2. The zero-order chi connectivity index (χ0) is 18.5. The molecule has 8 nitrogen and oxygen atoms in total. The number of piperazine rings is 1. The second kappa shape index (κ2) is 8.18. The van der Waals surface area contributed by atoms with Crippen LogP contribution in [0.3, 0.4) is 0 Å². The van der Waals surface area contributed by atoms with Gasteiger partial charge in [0.2, 0.25) is 0 Å². The van der Waals surface area contributed by atoms with Gasteiger partial charge in [-0.1, -0.05) is 0 Å². The lowest BCUT2D eigenvalue weighted by Crippen LogP contribution is -2.53. The van der Waals surface area contributed by atoms with Gasteiger partial charge in [-0.3, -0.25) is 4.79 Å². The zero-order valence-electron chi connectivity index (χ0n) is 14.8. The smallest absolute Gasteiger partial charge is 0.337 e. The van der Waals surface area contributed by atoms with Crippen LogP contribution in [0.4, 0.5) is 10.5 Å².